The van der Waals surface area contributed by atoms with Gasteiger partial charge in [0, 0.05) is 31.5 Å². The number of carboxylic acids is 1. The van der Waals surface area contributed by atoms with Crippen molar-refractivity contribution in [2.75, 3.05) is 13.1 Å². The summed E-state index contributed by atoms with van der Waals surface area (Å²) in [6.07, 6.45) is 5.15. The summed E-state index contributed by atoms with van der Waals surface area (Å²) >= 11 is 0. The summed E-state index contributed by atoms with van der Waals surface area (Å²) in [6, 6.07) is 9.08. The van der Waals surface area contributed by atoms with Crippen molar-refractivity contribution in [2.24, 2.45) is 5.92 Å². The van der Waals surface area contributed by atoms with Crippen LogP contribution in [0.15, 0.2) is 30.3 Å². The van der Waals surface area contributed by atoms with E-state index in [2.05, 4.69) is 5.32 Å². The van der Waals surface area contributed by atoms with Crippen molar-refractivity contribution < 1.29 is 19.5 Å². The van der Waals surface area contributed by atoms with Crippen molar-refractivity contribution in [3.05, 3.63) is 35.9 Å². The molecule has 0 spiro atoms. The van der Waals surface area contributed by atoms with Crippen LogP contribution in [0.3, 0.4) is 0 Å². The smallest absolute Gasteiger partial charge is 0.314 e. The van der Waals surface area contributed by atoms with E-state index in [0.717, 1.165) is 31.2 Å². The second kappa shape index (κ2) is 8.76. The van der Waals surface area contributed by atoms with E-state index in [1.807, 2.05) is 37.3 Å². The molecule has 1 aliphatic heterocycles. The van der Waals surface area contributed by atoms with Gasteiger partial charge in [0.25, 0.3) is 0 Å². The van der Waals surface area contributed by atoms with Crippen molar-refractivity contribution in [1.29, 1.82) is 0 Å². The Hall–Kier alpha value is -2.37. The first kappa shape index (κ1) is 20.4. The van der Waals surface area contributed by atoms with Gasteiger partial charge in [0.1, 0.15) is 0 Å². The molecule has 1 saturated carbocycles. The lowest BCUT2D eigenvalue weighted by atomic mass is 9.73. The molecule has 1 saturated heterocycles. The molecule has 1 heterocycles. The van der Waals surface area contributed by atoms with E-state index in [4.69, 9.17) is 0 Å². The van der Waals surface area contributed by atoms with Crippen LogP contribution < -0.4 is 5.32 Å². The van der Waals surface area contributed by atoms with Crippen molar-refractivity contribution in [3.8, 4) is 0 Å². The lowest BCUT2D eigenvalue weighted by Crippen LogP contribution is -2.50. The number of amides is 2. The number of piperidine rings is 1. The summed E-state index contributed by atoms with van der Waals surface area (Å²) in [4.78, 5) is 38.7. The summed E-state index contributed by atoms with van der Waals surface area (Å²) in [6.45, 7) is 2.70. The molecule has 2 N–H and O–H groups in total. The molecule has 1 aliphatic carbocycles. The quantitative estimate of drug-likeness (QED) is 0.787. The Morgan fingerprint density at radius 3 is 2.32 bits per heavy atom. The summed E-state index contributed by atoms with van der Waals surface area (Å²) in [5, 5.41) is 12.8. The van der Waals surface area contributed by atoms with E-state index in [9.17, 15) is 19.5 Å². The Kier molecular flexibility index (Phi) is 6.37. The van der Waals surface area contributed by atoms with E-state index in [1.165, 1.54) is 0 Å². The van der Waals surface area contributed by atoms with Crippen molar-refractivity contribution in [3.63, 3.8) is 0 Å². The van der Waals surface area contributed by atoms with Gasteiger partial charge in [-0.05, 0) is 38.2 Å². The van der Waals surface area contributed by atoms with Gasteiger partial charge in [-0.2, -0.15) is 0 Å². The number of carbonyl (C=O) groups excluding carboxylic acids is 2. The average molecular weight is 386 g/mol. The number of carbonyl (C=O) groups is 3. The lowest BCUT2D eigenvalue weighted by molar-refractivity contribution is -0.148. The van der Waals surface area contributed by atoms with Crippen LogP contribution in [-0.2, 0) is 19.8 Å². The van der Waals surface area contributed by atoms with Crippen LogP contribution in [0, 0.1) is 5.92 Å². The van der Waals surface area contributed by atoms with Crippen LogP contribution in [0.25, 0.3) is 0 Å². The topological polar surface area (TPSA) is 86.7 Å². The van der Waals surface area contributed by atoms with Crippen LogP contribution in [-0.4, -0.2) is 46.9 Å². The van der Waals surface area contributed by atoms with Gasteiger partial charge >= 0.3 is 5.97 Å². The SMILES string of the molecule is CC(CC(=O)N1CCC(C(=O)O)(c2ccccc2)CC1)NC(=O)C1CCCC1. The summed E-state index contributed by atoms with van der Waals surface area (Å²) in [5.41, 5.74) is -0.132. The zero-order chi connectivity index (χ0) is 20.1. The number of nitrogens with zero attached hydrogens (tertiary/aromatic N) is 1. The molecule has 28 heavy (non-hydrogen) atoms. The molecule has 1 aromatic rings. The average Bonchev–Trinajstić information content (AvgIpc) is 3.23. The van der Waals surface area contributed by atoms with Crippen LogP contribution in [0.5, 0.6) is 0 Å². The molecule has 1 atom stereocenters. The number of hydrogen-bond donors (Lipinski definition) is 2. The summed E-state index contributed by atoms with van der Waals surface area (Å²) in [5.74, 6) is -0.700. The predicted molar refractivity (Wildman–Crippen MR) is 106 cm³/mol. The third-order valence-electron chi connectivity index (χ3n) is 6.30. The van der Waals surface area contributed by atoms with E-state index in [0.29, 0.717) is 25.9 Å². The molecule has 6 nitrogen and oxygen atoms in total. The standard InChI is InChI=1S/C22H30N2O4/c1-16(23-20(26)17-7-5-6-8-17)15-19(25)24-13-11-22(12-14-24,21(27)28)18-9-3-2-4-10-18/h2-4,9-10,16-17H,5-8,11-15H2,1H3,(H,23,26)(H,27,28). The van der Waals surface area contributed by atoms with Crippen LogP contribution >= 0.6 is 0 Å². The van der Waals surface area contributed by atoms with E-state index in [-0.39, 0.29) is 30.2 Å². The predicted octanol–water partition coefficient (Wildman–Crippen LogP) is 2.72. The monoisotopic (exact) mass is 386 g/mol. The Morgan fingerprint density at radius 2 is 1.75 bits per heavy atom. The normalized spacial score (nSPS) is 20.5. The Labute approximate surface area is 166 Å². The second-order valence-corrected chi connectivity index (χ2v) is 8.23. The fourth-order valence-electron chi connectivity index (χ4n) is 4.51. The number of likely N-dealkylation sites (tertiary alicyclic amines) is 1. The number of aliphatic carboxylic acids is 1. The van der Waals surface area contributed by atoms with Gasteiger partial charge in [-0.3, -0.25) is 14.4 Å². The van der Waals surface area contributed by atoms with Crippen molar-refractivity contribution in [1.82, 2.24) is 10.2 Å². The van der Waals surface area contributed by atoms with Gasteiger partial charge in [-0.15, -0.1) is 0 Å². The highest BCUT2D eigenvalue weighted by atomic mass is 16.4. The second-order valence-electron chi connectivity index (χ2n) is 8.23. The highest BCUT2D eigenvalue weighted by Crippen LogP contribution is 2.36. The molecule has 0 radical (unpaired) electrons. The highest BCUT2D eigenvalue weighted by Gasteiger charge is 2.43. The van der Waals surface area contributed by atoms with Crippen molar-refractivity contribution in [2.45, 2.75) is 63.3 Å². The van der Waals surface area contributed by atoms with Crippen LogP contribution in [0.4, 0.5) is 0 Å². The van der Waals surface area contributed by atoms with Crippen LogP contribution in [0.1, 0.15) is 57.4 Å². The number of hydrogen-bond acceptors (Lipinski definition) is 3. The maximum atomic E-state index is 12.7. The molecule has 2 amide bonds. The number of benzene rings is 1. The van der Waals surface area contributed by atoms with E-state index in [1.54, 1.807) is 4.90 Å². The Bertz CT molecular complexity index is 705. The van der Waals surface area contributed by atoms with Gasteiger partial charge in [-0.25, -0.2) is 0 Å². The maximum Gasteiger partial charge on any atom is 0.314 e. The minimum Gasteiger partial charge on any atom is -0.481 e. The third kappa shape index (κ3) is 4.37. The fraction of sp³-hybridized carbons (Fsp3) is 0.591. The van der Waals surface area contributed by atoms with Crippen molar-refractivity contribution >= 4 is 17.8 Å². The molecule has 152 valence electrons. The summed E-state index contributed by atoms with van der Waals surface area (Å²) in [7, 11) is 0. The zero-order valence-corrected chi connectivity index (χ0v) is 16.5. The molecule has 2 fully saturated rings. The third-order valence-corrected chi connectivity index (χ3v) is 6.30. The number of carboxylic acid groups (broad SMARTS) is 1. The number of nitrogens with one attached hydrogen (secondary N) is 1. The lowest BCUT2D eigenvalue weighted by Gasteiger charge is -2.39. The van der Waals surface area contributed by atoms with Gasteiger partial charge < -0.3 is 15.3 Å². The van der Waals surface area contributed by atoms with E-state index >= 15 is 0 Å². The van der Waals surface area contributed by atoms with Gasteiger partial charge in [0.15, 0.2) is 0 Å². The van der Waals surface area contributed by atoms with Gasteiger partial charge in [0.2, 0.25) is 11.8 Å². The fourth-order valence-corrected chi connectivity index (χ4v) is 4.51. The molecule has 1 aromatic carbocycles. The highest BCUT2D eigenvalue weighted by molar-refractivity contribution is 5.83. The van der Waals surface area contributed by atoms with Gasteiger partial charge in [-0.1, -0.05) is 43.2 Å². The molecule has 2 aliphatic rings. The molecular weight excluding hydrogens is 356 g/mol. The first-order valence-electron chi connectivity index (χ1n) is 10.3. The largest absolute Gasteiger partial charge is 0.481 e. The first-order valence-corrected chi connectivity index (χ1v) is 10.3. The molecular formula is C22H30N2O4. The van der Waals surface area contributed by atoms with Crippen LogP contribution in [0.2, 0.25) is 0 Å². The molecule has 0 bridgehead atoms. The Balaban J connectivity index is 1.54. The minimum absolute atomic E-state index is 0.0220. The Morgan fingerprint density at radius 1 is 1.14 bits per heavy atom. The summed E-state index contributed by atoms with van der Waals surface area (Å²) < 4.78 is 0. The van der Waals surface area contributed by atoms with Gasteiger partial charge in [0.05, 0.1) is 5.41 Å². The minimum atomic E-state index is -0.930. The first-order chi connectivity index (χ1) is 13.4. The molecule has 0 aromatic heterocycles. The zero-order valence-electron chi connectivity index (χ0n) is 16.5. The molecule has 3 rings (SSSR count). The van der Waals surface area contributed by atoms with E-state index < -0.39 is 11.4 Å². The maximum absolute atomic E-state index is 12.7. The number of rotatable bonds is 6. The molecule has 6 heteroatoms. The molecule has 1 unspecified atom stereocenters.